The number of alkyl halides is 4. The standard InChI is InChI=1S/C19H14F5N7O2/c1-17(21,22)3-4-31-14-8(5-7(20)6-25-14)10(30-31)13-26-11-9-12(27-13)29-16(33)19(23,24)18(9,2)15(32)28-11/h5-6H,3-4H2,1-2H3,(H2,26,27,28,29,32,33)/t18-/m1/s1. The van der Waals surface area contributed by atoms with Gasteiger partial charge in [0.15, 0.2) is 16.9 Å². The van der Waals surface area contributed by atoms with Crippen LogP contribution in [0.5, 0.6) is 0 Å². The van der Waals surface area contributed by atoms with Crippen LogP contribution in [0, 0.1) is 5.82 Å². The summed E-state index contributed by atoms with van der Waals surface area (Å²) < 4.78 is 71.0. The summed E-state index contributed by atoms with van der Waals surface area (Å²) in [6.45, 7) is 1.38. The number of anilines is 2. The zero-order valence-corrected chi connectivity index (χ0v) is 17.0. The molecule has 0 unspecified atom stereocenters. The molecule has 0 bridgehead atoms. The van der Waals surface area contributed by atoms with Gasteiger partial charge in [0.05, 0.1) is 17.1 Å². The first-order valence-corrected chi connectivity index (χ1v) is 9.66. The van der Waals surface area contributed by atoms with Crippen molar-refractivity contribution in [1.29, 1.82) is 0 Å². The van der Waals surface area contributed by atoms with Crippen molar-refractivity contribution in [2.45, 2.75) is 44.1 Å². The SMILES string of the molecule is CC(F)(F)CCn1nc(-c2nc3c4c(n2)NC(=O)[C@]4(C)C(F)(F)C(=O)N3)c2cc(F)cnc21. The molecule has 0 fully saturated rings. The van der Waals surface area contributed by atoms with Gasteiger partial charge in [0.1, 0.15) is 23.1 Å². The van der Waals surface area contributed by atoms with Gasteiger partial charge in [-0.25, -0.2) is 32.8 Å². The molecule has 33 heavy (non-hydrogen) atoms. The molecule has 0 aromatic carbocycles. The van der Waals surface area contributed by atoms with Crippen molar-refractivity contribution in [1.82, 2.24) is 24.7 Å². The van der Waals surface area contributed by atoms with Gasteiger partial charge in [0.25, 0.3) is 5.91 Å². The van der Waals surface area contributed by atoms with E-state index in [-0.39, 0.29) is 46.3 Å². The summed E-state index contributed by atoms with van der Waals surface area (Å²) in [5.74, 6) is -11.5. The lowest BCUT2D eigenvalue weighted by Crippen LogP contribution is -2.58. The number of hydrogen-bond donors (Lipinski definition) is 2. The van der Waals surface area contributed by atoms with Crippen LogP contribution >= 0.6 is 0 Å². The van der Waals surface area contributed by atoms with Crippen LogP contribution in [0.3, 0.4) is 0 Å². The van der Waals surface area contributed by atoms with Crippen LogP contribution in [0.1, 0.15) is 25.8 Å². The molecule has 0 aliphatic carbocycles. The Labute approximate surface area is 181 Å². The minimum atomic E-state index is -4.06. The largest absolute Gasteiger partial charge is 0.343 e. The Bertz CT molecular complexity index is 1370. The van der Waals surface area contributed by atoms with Crippen molar-refractivity contribution in [2.24, 2.45) is 0 Å². The second kappa shape index (κ2) is 6.42. The van der Waals surface area contributed by atoms with E-state index in [0.29, 0.717) is 0 Å². The van der Waals surface area contributed by atoms with Crippen LogP contribution in [0.25, 0.3) is 22.6 Å². The zero-order valence-electron chi connectivity index (χ0n) is 17.0. The molecule has 0 radical (unpaired) electrons. The number of aromatic nitrogens is 5. The summed E-state index contributed by atoms with van der Waals surface area (Å²) in [7, 11) is 0. The van der Waals surface area contributed by atoms with Gasteiger partial charge in [-0.1, -0.05) is 0 Å². The lowest BCUT2D eigenvalue weighted by molar-refractivity contribution is -0.157. The number of carbonyl (C=O) groups excluding carboxylic acids is 2. The van der Waals surface area contributed by atoms with E-state index in [1.807, 2.05) is 5.32 Å². The molecule has 1 atom stereocenters. The van der Waals surface area contributed by atoms with E-state index in [2.05, 4.69) is 25.4 Å². The molecule has 2 N–H and O–H groups in total. The number of pyridine rings is 1. The third-order valence-corrected chi connectivity index (χ3v) is 5.77. The number of aryl methyl sites for hydroxylation is 1. The van der Waals surface area contributed by atoms with Gasteiger partial charge in [0, 0.05) is 13.0 Å². The first-order chi connectivity index (χ1) is 15.3. The summed E-state index contributed by atoms with van der Waals surface area (Å²) in [6.07, 6.45) is 0.299. The minimum Gasteiger partial charge on any atom is -0.309 e. The van der Waals surface area contributed by atoms with Crippen LogP contribution in [0.2, 0.25) is 0 Å². The molecule has 5 heterocycles. The van der Waals surface area contributed by atoms with Crippen molar-refractivity contribution in [3.63, 3.8) is 0 Å². The average molecular weight is 467 g/mol. The molecule has 9 nitrogen and oxygen atoms in total. The fraction of sp³-hybridized carbons (Fsp3) is 0.368. The molecule has 3 aromatic heterocycles. The van der Waals surface area contributed by atoms with Crippen LogP contribution in [0.15, 0.2) is 12.3 Å². The molecule has 5 rings (SSSR count). The summed E-state index contributed by atoms with van der Waals surface area (Å²) in [4.78, 5) is 36.6. The monoisotopic (exact) mass is 467 g/mol. The molecule has 0 spiro atoms. The quantitative estimate of drug-likeness (QED) is 0.571. The Hall–Kier alpha value is -3.71. The van der Waals surface area contributed by atoms with Gasteiger partial charge < -0.3 is 10.6 Å². The van der Waals surface area contributed by atoms with Gasteiger partial charge in [-0.2, -0.15) is 13.9 Å². The highest BCUT2D eigenvalue weighted by Crippen LogP contribution is 2.53. The zero-order chi connectivity index (χ0) is 23.9. The van der Waals surface area contributed by atoms with Gasteiger partial charge in [0.2, 0.25) is 11.8 Å². The lowest BCUT2D eigenvalue weighted by Gasteiger charge is -2.35. The van der Waals surface area contributed by atoms with Gasteiger partial charge in [-0.3, -0.25) is 9.59 Å². The average Bonchev–Trinajstić information content (AvgIpc) is 3.20. The highest BCUT2D eigenvalue weighted by molar-refractivity contribution is 6.16. The number of hydrogen-bond acceptors (Lipinski definition) is 6. The topological polar surface area (TPSA) is 115 Å². The van der Waals surface area contributed by atoms with E-state index in [9.17, 15) is 31.5 Å². The molecular weight excluding hydrogens is 453 g/mol. The van der Waals surface area contributed by atoms with E-state index in [0.717, 1.165) is 30.8 Å². The third kappa shape index (κ3) is 2.89. The summed E-state index contributed by atoms with van der Waals surface area (Å²) in [5.41, 5.74) is -2.84. The fourth-order valence-electron chi connectivity index (χ4n) is 3.94. The molecule has 14 heteroatoms. The Morgan fingerprint density at radius 2 is 1.76 bits per heavy atom. The fourth-order valence-corrected chi connectivity index (χ4v) is 3.94. The van der Waals surface area contributed by atoms with Crippen LogP contribution in [-0.4, -0.2) is 48.4 Å². The summed E-state index contributed by atoms with van der Waals surface area (Å²) in [6, 6.07) is 1.04. The van der Waals surface area contributed by atoms with Crippen molar-refractivity contribution in [3.8, 4) is 11.5 Å². The van der Waals surface area contributed by atoms with E-state index in [1.165, 1.54) is 0 Å². The molecule has 2 aliphatic heterocycles. The molecular formula is C19H14F5N7O2. The van der Waals surface area contributed by atoms with Crippen molar-refractivity contribution >= 4 is 34.5 Å². The van der Waals surface area contributed by atoms with E-state index < -0.39 is 41.3 Å². The molecule has 3 aromatic rings. The molecule has 2 amide bonds. The second-order valence-electron chi connectivity index (χ2n) is 8.14. The number of amides is 2. The molecule has 2 aliphatic rings. The lowest BCUT2D eigenvalue weighted by atomic mass is 9.75. The Morgan fingerprint density at radius 3 is 2.39 bits per heavy atom. The van der Waals surface area contributed by atoms with Crippen LogP contribution < -0.4 is 10.6 Å². The summed E-state index contributed by atoms with van der Waals surface area (Å²) in [5, 5.41) is 8.46. The van der Waals surface area contributed by atoms with E-state index in [1.54, 1.807) is 0 Å². The number of carbonyl (C=O) groups is 2. The van der Waals surface area contributed by atoms with Crippen molar-refractivity contribution < 1.29 is 31.5 Å². The van der Waals surface area contributed by atoms with Crippen molar-refractivity contribution in [2.75, 3.05) is 10.6 Å². The summed E-state index contributed by atoms with van der Waals surface area (Å²) >= 11 is 0. The van der Waals surface area contributed by atoms with E-state index in [4.69, 9.17) is 0 Å². The number of nitrogens with one attached hydrogen (secondary N) is 2. The highest BCUT2D eigenvalue weighted by atomic mass is 19.3. The maximum Gasteiger partial charge on any atom is 0.343 e. The number of halogens is 5. The first-order valence-electron chi connectivity index (χ1n) is 9.66. The highest BCUT2D eigenvalue weighted by Gasteiger charge is 2.69. The molecule has 172 valence electrons. The Kier molecular flexibility index (Phi) is 4.11. The van der Waals surface area contributed by atoms with Gasteiger partial charge >= 0.3 is 5.92 Å². The maximum absolute atomic E-state index is 14.6. The Morgan fingerprint density at radius 1 is 1.12 bits per heavy atom. The van der Waals surface area contributed by atoms with Crippen LogP contribution in [0.4, 0.5) is 33.6 Å². The number of fused-ring (bicyclic) bond motifs is 1. The first kappa shape index (κ1) is 21.2. The molecule has 0 saturated heterocycles. The smallest absolute Gasteiger partial charge is 0.309 e. The Balaban J connectivity index is 1.70. The minimum absolute atomic E-state index is 0.0674. The van der Waals surface area contributed by atoms with Crippen molar-refractivity contribution in [3.05, 3.63) is 23.6 Å². The predicted molar refractivity (Wildman–Crippen MR) is 103 cm³/mol. The normalized spacial score (nSPS) is 21.2. The number of nitrogens with zero attached hydrogens (tertiary/aromatic N) is 5. The second-order valence-corrected chi connectivity index (χ2v) is 8.14. The third-order valence-electron chi connectivity index (χ3n) is 5.77. The van der Waals surface area contributed by atoms with Gasteiger partial charge in [-0.15, -0.1) is 0 Å². The van der Waals surface area contributed by atoms with Crippen LogP contribution in [-0.2, 0) is 21.5 Å². The predicted octanol–water partition coefficient (Wildman–Crippen LogP) is 2.87. The van der Waals surface area contributed by atoms with Gasteiger partial charge in [-0.05, 0) is 19.9 Å². The number of rotatable bonds is 4. The van der Waals surface area contributed by atoms with E-state index >= 15 is 0 Å². The molecule has 0 saturated carbocycles. The maximum atomic E-state index is 14.6.